The average molecular weight is 605 g/mol. The Hall–Kier alpha value is -3.37. The Kier molecular flexibility index (Phi) is 10.7. The van der Waals surface area contributed by atoms with Crippen LogP contribution in [0.5, 0.6) is 11.5 Å². The average Bonchev–Trinajstić information content (AvgIpc) is 2.89. The van der Waals surface area contributed by atoms with Gasteiger partial charge in [0.25, 0.3) is 5.91 Å². The predicted octanol–water partition coefficient (Wildman–Crippen LogP) is 5.93. The molecule has 0 atom stereocenters. The lowest BCUT2D eigenvalue weighted by molar-refractivity contribution is 0.0693. The number of rotatable bonds is 14. The van der Waals surface area contributed by atoms with Gasteiger partial charge in [0, 0.05) is 18.2 Å². The van der Waals surface area contributed by atoms with E-state index in [9.17, 15) is 23.1 Å². The Morgan fingerprint density at radius 3 is 2.21 bits per heavy atom. The molecular weight excluding hydrogens is 574 g/mol. The highest BCUT2D eigenvalue weighted by molar-refractivity contribution is 9.10. The first-order chi connectivity index (χ1) is 18.2. The Bertz CT molecular complexity index is 1360. The van der Waals surface area contributed by atoms with Crippen molar-refractivity contribution in [3.05, 3.63) is 87.9 Å². The van der Waals surface area contributed by atoms with Crippen molar-refractivity contribution in [2.45, 2.75) is 49.8 Å². The molecule has 0 saturated carbocycles. The number of carboxylic acids is 1. The van der Waals surface area contributed by atoms with Gasteiger partial charge in [-0.3, -0.25) is 4.79 Å². The summed E-state index contributed by atoms with van der Waals surface area (Å²) in [5, 5.41) is 21.6. The molecule has 202 valence electrons. The van der Waals surface area contributed by atoms with Crippen LogP contribution in [0.15, 0.2) is 76.1 Å². The number of carboxylic acid groups (broad SMARTS) is 1. The maximum absolute atomic E-state index is 12.6. The normalized spacial score (nSPS) is 11.2. The smallest absolute Gasteiger partial charge is 0.339 e. The number of benzene rings is 3. The summed E-state index contributed by atoms with van der Waals surface area (Å²) in [5.41, 5.74) is 1.28. The fourth-order valence-electron chi connectivity index (χ4n) is 3.83. The Morgan fingerprint density at radius 1 is 0.868 bits per heavy atom. The van der Waals surface area contributed by atoms with Gasteiger partial charge in [0.2, 0.25) is 0 Å². The van der Waals surface area contributed by atoms with E-state index >= 15 is 0 Å². The van der Waals surface area contributed by atoms with Gasteiger partial charge in [0.15, 0.2) is 5.75 Å². The van der Waals surface area contributed by atoms with Crippen LogP contribution in [0.3, 0.4) is 0 Å². The SMILES string of the molecule is O=C(NCCCCCCCCc1ccccc1)c1ccc(OS(=O)(=O)c2ccc(C(=O)O)c(O)c2)c(Br)c1. The van der Waals surface area contributed by atoms with Gasteiger partial charge in [-0.15, -0.1) is 0 Å². The number of aryl methyl sites for hydroxylation is 1. The largest absolute Gasteiger partial charge is 0.507 e. The number of aromatic carboxylic acids is 1. The Morgan fingerprint density at radius 2 is 1.55 bits per heavy atom. The molecule has 8 nitrogen and oxygen atoms in total. The third-order valence-electron chi connectivity index (χ3n) is 5.90. The third kappa shape index (κ3) is 8.59. The van der Waals surface area contributed by atoms with Crippen LogP contribution in [0.1, 0.15) is 64.8 Å². The molecule has 0 aliphatic rings. The molecule has 0 heterocycles. The lowest BCUT2D eigenvalue weighted by Crippen LogP contribution is -2.24. The van der Waals surface area contributed by atoms with E-state index in [0.717, 1.165) is 43.9 Å². The minimum absolute atomic E-state index is 0.0596. The van der Waals surface area contributed by atoms with Crippen molar-refractivity contribution in [2.24, 2.45) is 0 Å². The van der Waals surface area contributed by atoms with Crippen molar-refractivity contribution < 1.29 is 32.4 Å². The number of amides is 1. The lowest BCUT2D eigenvalue weighted by atomic mass is 10.0. The maximum Gasteiger partial charge on any atom is 0.339 e. The van der Waals surface area contributed by atoms with E-state index in [1.54, 1.807) is 0 Å². The topological polar surface area (TPSA) is 130 Å². The molecule has 0 spiro atoms. The van der Waals surface area contributed by atoms with E-state index in [2.05, 4.69) is 45.5 Å². The monoisotopic (exact) mass is 603 g/mol. The summed E-state index contributed by atoms with van der Waals surface area (Å²) in [6, 6.07) is 17.5. The van der Waals surface area contributed by atoms with Gasteiger partial charge < -0.3 is 19.7 Å². The van der Waals surface area contributed by atoms with Crippen molar-refractivity contribution in [3.63, 3.8) is 0 Å². The molecule has 0 fully saturated rings. The molecule has 0 bridgehead atoms. The summed E-state index contributed by atoms with van der Waals surface area (Å²) in [7, 11) is -4.36. The fraction of sp³-hybridized carbons (Fsp3) is 0.286. The van der Waals surface area contributed by atoms with Gasteiger partial charge in [0.1, 0.15) is 16.2 Å². The summed E-state index contributed by atoms with van der Waals surface area (Å²) >= 11 is 3.23. The minimum Gasteiger partial charge on any atom is -0.507 e. The molecule has 0 saturated heterocycles. The number of carbonyl (C=O) groups excluding carboxylic acids is 1. The van der Waals surface area contributed by atoms with Crippen molar-refractivity contribution >= 4 is 37.9 Å². The second-order valence-electron chi connectivity index (χ2n) is 8.78. The van der Waals surface area contributed by atoms with Gasteiger partial charge >= 0.3 is 16.1 Å². The van der Waals surface area contributed by atoms with E-state index in [1.165, 1.54) is 43.0 Å². The zero-order chi connectivity index (χ0) is 27.5. The highest BCUT2D eigenvalue weighted by Gasteiger charge is 2.22. The van der Waals surface area contributed by atoms with Crippen molar-refractivity contribution in [1.82, 2.24) is 5.32 Å². The molecule has 0 aliphatic heterocycles. The molecule has 0 unspecified atom stereocenters. The number of hydrogen-bond donors (Lipinski definition) is 3. The molecule has 10 heteroatoms. The molecule has 3 aromatic carbocycles. The molecule has 0 aromatic heterocycles. The van der Waals surface area contributed by atoms with E-state index in [-0.39, 0.29) is 16.1 Å². The predicted molar refractivity (Wildman–Crippen MR) is 147 cm³/mol. The highest BCUT2D eigenvalue weighted by atomic mass is 79.9. The van der Waals surface area contributed by atoms with Crippen LogP contribution in [-0.2, 0) is 16.5 Å². The number of carbonyl (C=O) groups is 2. The first kappa shape index (κ1) is 29.2. The molecule has 38 heavy (non-hydrogen) atoms. The molecule has 3 aromatic rings. The van der Waals surface area contributed by atoms with Crippen LogP contribution in [0, 0.1) is 0 Å². The van der Waals surface area contributed by atoms with Gasteiger partial charge in [0.05, 0.1) is 4.47 Å². The number of nitrogens with one attached hydrogen (secondary N) is 1. The molecule has 0 radical (unpaired) electrons. The number of hydrogen-bond acceptors (Lipinski definition) is 6. The number of halogens is 1. The van der Waals surface area contributed by atoms with Crippen LogP contribution in [0.4, 0.5) is 0 Å². The number of unbranched alkanes of at least 4 members (excludes halogenated alkanes) is 5. The van der Waals surface area contributed by atoms with Gasteiger partial charge in [-0.2, -0.15) is 8.42 Å². The fourth-order valence-corrected chi connectivity index (χ4v) is 5.37. The van der Waals surface area contributed by atoms with Crippen LogP contribution in [0.25, 0.3) is 0 Å². The second kappa shape index (κ2) is 14.0. The quantitative estimate of drug-likeness (QED) is 0.154. The maximum atomic E-state index is 12.6. The van der Waals surface area contributed by atoms with Crippen LogP contribution in [-0.4, -0.2) is 37.1 Å². The number of phenols is 1. The summed E-state index contributed by atoms with van der Waals surface area (Å²) in [5.74, 6) is -2.43. The van der Waals surface area contributed by atoms with Crippen molar-refractivity contribution in [2.75, 3.05) is 6.54 Å². The van der Waals surface area contributed by atoms with Crippen LogP contribution >= 0.6 is 15.9 Å². The van der Waals surface area contributed by atoms with Crippen LogP contribution < -0.4 is 9.50 Å². The number of aromatic hydroxyl groups is 1. The summed E-state index contributed by atoms with van der Waals surface area (Å²) in [6.07, 6.45) is 7.66. The summed E-state index contributed by atoms with van der Waals surface area (Å²) in [6.45, 7) is 0.545. The third-order valence-corrected chi connectivity index (χ3v) is 7.75. The van der Waals surface area contributed by atoms with E-state index in [1.807, 2.05) is 6.07 Å². The first-order valence-electron chi connectivity index (χ1n) is 12.3. The molecule has 3 rings (SSSR count). The zero-order valence-electron chi connectivity index (χ0n) is 20.7. The molecule has 3 N–H and O–H groups in total. The van der Waals surface area contributed by atoms with Gasteiger partial charge in [-0.25, -0.2) is 4.79 Å². The highest BCUT2D eigenvalue weighted by Crippen LogP contribution is 2.30. The first-order valence-corrected chi connectivity index (χ1v) is 14.5. The minimum atomic E-state index is -4.36. The van der Waals surface area contributed by atoms with E-state index < -0.39 is 32.3 Å². The van der Waals surface area contributed by atoms with Gasteiger partial charge in [-0.1, -0.05) is 56.0 Å². The van der Waals surface area contributed by atoms with E-state index in [4.69, 9.17) is 9.29 Å². The Balaban J connectivity index is 1.41. The molecular formula is C28H30BrNO7S. The van der Waals surface area contributed by atoms with Crippen molar-refractivity contribution in [3.8, 4) is 11.5 Å². The summed E-state index contributed by atoms with van der Waals surface area (Å²) in [4.78, 5) is 23.1. The summed E-state index contributed by atoms with van der Waals surface area (Å²) < 4.78 is 30.5. The van der Waals surface area contributed by atoms with Gasteiger partial charge in [-0.05, 0) is 71.1 Å². The molecule has 1 amide bonds. The van der Waals surface area contributed by atoms with E-state index in [0.29, 0.717) is 12.1 Å². The molecule has 0 aliphatic carbocycles. The zero-order valence-corrected chi connectivity index (χ0v) is 23.1. The lowest BCUT2D eigenvalue weighted by Gasteiger charge is -2.11. The second-order valence-corrected chi connectivity index (χ2v) is 11.2. The Labute approximate surface area is 230 Å². The van der Waals surface area contributed by atoms with Crippen LogP contribution in [0.2, 0.25) is 0 Å². The van der Waals surface area contributed by atoms with Crippen molar-refractivity contribution in [1.29, 1.82) is 0 Å². The standard InChI is InChI=1S/C28H30BrNO7S/c29-24-18-21(27(32)30-17-9-4-2-1-3-6-10-20-11-7-5-8-12-20)13-16-26(24)37-38(35,36)22-14-15-23(28(33)34)25(31)19-22/h5,7-8,11-16,18-19,31H,1-4,6,9-10,17H2,(H,30,32)(H,33,34).